The van der Waals surface area contributed by atoms with Gasteiger partial charge in [0.1, 0.15) is 5.82 Å². The van der Waals surface area contributed by atoms with Crippen molar-refractivity contribution in [3.05, 3.63) is 28.4 Å². The van der Waals surface area contributed by atoms with Gasteiger partial charge >= 0.3 is 0 Å². The van der Waals surface area contributed by atoms with Gasteiger partial charge in [0.15, 0.2) is 5.13 Å². The number of aromatic nitrogens is 2. The molecule has 2 heterocycles. The summed E-state index contributed by atoms with van der Waals surface area (Å²) in [5.41, 5.74) is 8.78. The Balaban J connectivity index is 1.83. The summed E-state index contributed by atoms with van der Waals surface area (Å²) in [4.78, 5) is 10.3. The number of aryl methyl sites for hydroxylation is 3. The van der Waals surface area contributed by atoms with Crippen molar-refractivity contribution < 1.29 is 0 Å². The molecule has 2 aromatic rings. The number of thiazole rings is 1. The molecule has 1 aliphatic carbocycles. The van der Waals surface area contributed by atoms with Crippen LogP contribution in [0.1, 0.15) is 29.0 Å². The lowest BCUT2D eigenvalue weighted by Gasteiger charge is -2.06. The Morgan fingerprint density at radius 2 is 2.17 bits per heavy atom. The average Bonchev–Trinajstić information content (AvgIpc) is 2.76. The molecule has 0 saturated carbocycles. The number of pyridine rings is 1. The topological polar surface area (TPSA) is 63.8 Å². The van der Waals surface area contributed by atoms with Gasteiger partial charge in [0.2, 0.25) is 0 Å². The zero-order chi connectivity index (χ0) is 12.5. The molecule has 2 aromatic heterocycles. The van der Waals surface area contributed by atoms with Crippen molar-refractivity contribution in [1.82, 2.24) is 9.97 Å². The molecule has 0 bridgehead atoms. The van der Waals surface area contributed by atoms with E-state index in [1.54, 1.807) is 17.5 Å². The van der Waals surface area contributed by atoms with Crippen LogP contribution in [-0.4, -0.2) is 9.97 Å². The minimum Gasteiger partial charge on any atom is -0.397 e. The molecular weight excluding hydrogens is 244 g/mol. The molecule has 94 valence electrons. The maximum atomic E-state index is 5.76. The number of nitrogens with zero attached hydrogens (tertiary/aromatic N) is 2. The summed E-state index contributed by atoms with van der Waals surface area (Å²) in [6.07, 6.45) is 6.51. The van der Waals surface area contributed by atoms with Crippen molar-refractivity contribution in [1.29, 1.82) is 0 Å². The summed E-state index contributed by atoms with van der Waals surface area (Å²) in [6.45, 7) is 1.98. The molecule has 3 N–H and O–H groups in total. The van der Waals surface area contributed by atoms with Crippen LogP contribution >= 0.6 is 11.3 Å². The first-order valence-electron chi connectivity index (χ1n) is 6.20. The van der Waals surface area contributed by atoms with Crippen LogP contribution in [0.2, 0.25) is 0 Å². The Bertz CT molecular complexity index is 553. The largest absolute Gasteiger partial charge is 0.397 e. The van der Waals surface area contributed by atoms with Crippen molar-refractivity contribution in [3.63, 3.8) is 0 Å². The van der Waals surface area contributed by atoms with E-state index < -0.39 is 0 Å². The first-order valence-corrected chi connectivity index (χ1v) is 7.02. The summed E-state index contributed by atoms with van der Waals surface area (Å²) in [6, 6.07) is 1.95. The van der Waals surface area contributed by atoms with Crippen molar-refractivity contribution >= 4 is 28.0 Å². The second kappa shape index (κ2) is 4.57. The molecule has 0 aromatic carbocycles. The molecule has 0 radical (unpaired) electrons. The number of nitrogen functional groups attached to an aromatic ring is 1. The lowest BCUT2D eigenvalue weighted by atomic mass is 10.0. The second-order valence-electron chi connectivity index (χ2n) is 4.65. The maximum absolute atomic E-state index is 5.76. The minimum absolute atomic E-state index is 0.721. The van der Waals surface area contributed by atoms with Gasteiger partial charge in [-0.2, -0.15) is 0 Å². The van der Waals surface area contributed by atoms with Crippen molar-refractivity contribution in [3.8, 4) is 0 Å². The molecule has 0 atom stereocenters. The van der Waals surface area contributed by atoms with Crippen LogP contribution < -0.4 is 11.1 Å². The van der Waals surface area contributed by atoms with Crippen molar-refractivity contribution in [2.45, 2.75) is 32.6 Å². The van der Waals surface area contributed by atoms with Crippen molar-refractivity contribution in [2.24, 2.45) is 0 Å². The molecule has 0 spiro atoms. The van der Waals surface area contributed by atoms with Crippen LogP contribution in [0.5, 0.6) is 0 Å². The lowest BCUT2D eigenvalue weighted by Crippen LogP contribution is -1.99. The summed E-state index contributed by atoms with van der Waals surface area (Å²) in [5, 5.41) is 4.21. The quantitative estimate of drug-likeness (QED) is 0.871. The van der Waals surface area contributed by atoms with E-state index in [1.807, 2.05) is 13.0 Å². The van der Waals surface area contributed by atoms with Gasteiger partial charge in [-0.1, -0.05) is 0 Å². The van der Waals surface area contributed by atoms with Gasteiger partial charge in [-0.15, -0.1) is 11.3 Å². The maximum Gasteiger partial charge on any atom is 0.188 e. The molecule has 0 amide bonds. The van der Waals surface area contributed by atoms with E-state index in [1.165, 1.54) is 29.8 Å². The molecule has 1 aliphatic rings. The molecule has 3 rings (SSSR count). The number of anilines is 3. The zero-order valence-corrected chi connectivity index (χ0v) is 11.2. The molecule has 0 aliphatic heterocycles. The molecule has 0 unspecified atom stereocenters. The Morgan fingerprint density at radius 3 is 2.94 bits per heavy atom. The van der Waals surface area contributed by atoms with E-state index in [4.69, 9.17) is 5.73 Å². The predicted octanol–water partition coefficient (Wildman–Crippen LogP) is 3.05. The van der Waals surface area contributed by atoms with Crippen LogP contribution in [-0.2, 0) is 12.8 Å². The number of nitrogens with two attached hydrogens (primary N) is 1. The molecular formula is C13H16N4S. The molecule has 4 nitrogen and oxygen atoms in total. The fraction of sp³-hybridized carbons (Fsp3) is 0.385. The zero-order valence-electron chi connectivity index (χ0n) is 10.4. The van der Waals surface area contributed by atoms with E-state index >= 15 is 0 Å². The van der Waals surface area contributed by atoms with Crippen LogP contribution in [0, 0.1) is 6.92 Å². The lowest BCUT2D eigenvalue weighted by molar-refractivity contribution is 0.683. The monoisotopic (exact) mass is 260 g/mol. The highest BCUT2D eigenvalue weighted by Crippen LogP contribution is 2.31. The van der Waals surface area contributed by atoms with Gasteiger partial charge in [0.25, 0.3) is 0 Å². The fourth-order valence-corrected chi connectivity index (χ4v) is 3.21. The molecule has 5 heteroatoms. The van der Waals surface area contributed by atoms with E-state index in [9.17, 15) is 0 Å². The smallest absolute Gasteiger partial charge is 0.188 e. The minimum atomic E-state index is 0.721. The Kier molecular flexibility index (Phi) is 2.91. The average molecular weight is 260 g/mol. The van der Waals surface area contributed by atoms with Crippen LogP contribution in [0.15, 0.2) is 12.3 Å². The molecule has 18 heavy (non-hydrogen) atoms. The summed E-state index contributed by atoms with van der Waals surface area (Å²) in [7, 11) is 0. The fourth-order valence-electron chi connectivity index (χ4n) is 2.15. The number of fused-ring (bicyclic) bond motifs is 1. The normalized spacial score (nSPS) is 14.3. The Labute approximate surface area is 110 Å². The van der Waals surface area contributed by atoms with E-state index in [2.05, 4.69) is 15.3 Å². The third-order valence-electron chi connectivity index (χ3n) is 3.23. The highest BCUT2D eigenvalue weighted by atomic mass is 32.1. The van der Waals surface area contributed by atoms with Crippen LogP contribution in [0.4, 0.5) is 16.6 Å². The van der Waals surface area contributed by atoms with Gasteiger partial charge in [-0.3, -0.25) is 0 Å². The van der Waals surface area contributed by atoms with Crippen molar-refractivity contribution in [2.75, 3.05) is 11.1 Å². The summed E-state index contributed by atoms with van der Waals surface area (Å²) in [5.74, 6) is 0.813. The van der Waals surface area contributed by atoms with Gasteiger partial charge in [0.05, 0.1) is 17.6 Å². The number of nitrogens with one attached hydrogen (secondary N) is 1. The van der Waals surface area contributed by atoms with Gasteiger partial charge in [-0.05, 0) is 44.2 Å². The van der Waals surface area contributed by atoms with E-state index in [0.717, 1.165) is 28.6 Å². The number of hydrogen-bond donors (Lipinski definition) is 2. The third kappa shape index (κ3) is 2.18. The summed E-state index contributed by atoms with van der Waals surface area (Å²) < 4.78 is 0. The van der Waals surface area contributed by atoms with Gasteiger partial charge in [0, 0.05) is 4.88 Å². The van der Waals surface area contributed by atoms with E-state index in [0.29, 0.717) is 0 Å². The first-order chi connectivity index (χ1) is 8.72. The van der Waals surface area contributed by atoms with Crippen LogP contribution in [0.3, 0.4) is 0 Å². The van der Waals surface area contributed by atoms with Gasteiger partial charge < -0.3 is 11.1 Å². The summed E-state index contributed by atoms with van der Waals surface area (Å²) >= 11 is 1.75. The highest BCUT2D eigenvalue weighted by molar-refractivity contribution is 7.15. The molecule has 0 saturated heterocycles. The number of rotatable bonds is 2. The first kappa shape index (κ1) is 11.5. The Morgan fingerprint density at radius 1 is 1.33 bits per heavy atom. The van der Waals surface area contributed by atoms with Gasteiger partial charge in [-0.25, -0.2) is 9.97 Å². The standard InChI is InChI=1S/C13H16N4S/c1-8-6-12(15-7-9(8)14)17-13-16-10-4-2-3-5-11(10)18-13/h6-7H,2-5,14H2,1H3,(H,15,16,17). The van der Waals surface area contributed by atoms with Crippen LogP contribution in [0.25, 0.3) is 0 Å². The van der Waals surface area contributed by atoms with E-state index in [-0.39, 0.29) is 0 Å². The number of hydrogen-bond acceptors (Lipinski definition) is 5. The molecule has 0 fully saturated rings. The SMILES string of the molecule is Cc1cc(Nc2nc3c(s2)CCCC3)ncc1N. The third-order valence-corrected chi connectivity index (χ3v) is 4.30. The highest BCUT2D eigenvalue weighted by Gasteiger charge is 2.15. The predicted molar refractivity (Wildman–Crippen MR) is 75.4 cm³/mol. The second-order valence-corrected chi connectivity index (χ2v) is 5.73. The Hall–Kier alpha value is -1.62.